The zero-order valence-electron chi connectivity index (χ0n) is 18.6. The number of non-ortho nitro benzene ring substituents is 1. The molecule has 9 nitrogen and oxygen atoms in total. The molecule has 1 heterocycles. The fraction of sp³-hybridized carbons (Fsp3) is 0.115. The summed E-state index contributed by atoms with van der Waals surface area (Å²) in [6.45, 7) is 1.87. The molecule has 1 N–H and O–H groups in total. The minimum atomic E-state index is -1.14. The SMILES string of the molecule is CCOC(=O)c1ccc(N2C(=O)C(=O)C(=C(O)c3ccccc3)C2c2cccc([N+](=O)[O-])c2)cc1. The Morgan fingerprint density at radius 3 is 2.31 bits per heavy atom. The van der Waals surface area contributed by atoms with Gasteiger partial charge in [0.1, 0.15) is 5.76 Å². The molecule has 3 aromatic rings. The number of benzene rings is 3. The standard InChI is InChI=1S/C26H20N2O7/c1-2-35-26(32)17-11-13-19(14-12-17)27-22(18-9-6-10-20(15-18)28(33)34)21(24(30)25(27)31)23(29)16-7-4-3-5-8-16/h3-15,22,29H,2H2,1H3. The van der Waals surface area contributed by atoms with E-state index in [2.05, 4.69) is 0 Å². The van der Waals surface area contributed by atoms with Crippen LogP contribution < -0.4 is 4.90 Å². The summed E-state index contributed by atoms with van der Waals surface area (Å²) in [6.07, 6.45) is 0. The normalized spacial score (nSPS) is 16.8. The molecule has 3 aromatic carbocycles. The molecule has 1 unspecified atom stereocenters. The molecule has 4 rings (SSSR count). The van der Waals surface area contributed by atoms with Crippen molar-refractivity contribution in [3.05, 3.63) is 111 Å². The maximum atomic E-state index is 13.2. The van der Waals surface area contributed by atoms with E-state index in [9.17, 15) is 29.6 Å². The smallest absolute Gasteiger partial charge is 0.338 e. The first-order valence-electron chi connectivity index (χ1n) is 10.7. The molecule has 1 amide bonds. The minimum absolute atomic E-state index is 0.196. The third-order valence-corrected chi connectivity index (χ3v) is 5.55. The van der Waals surface area contributed by atoms with Crippen LogP contribution in [0.3, 0.4) is 0 Å². The third-order valence-electron chi connectivity index (χ3n) is 5.55. The van der Waals surface area contributed by atoms with Crippen LogP contribution in [0.25, 0.3) is 5.76 Å². The number of nitro benzene ring substituents is 1. The summed E-state index contributed by atoms with van der Waals surface area (Å²) >= 11 is 0. The average molecular weight is 472 g/mol. The van der Waals surface area contributed by atoms with Gasteiger partial charge in [0.15, 0.2) is 0 Å². The van der Waals surface area contributed by atoms with Crippen LogP contribution in [0.15, 0.2) is 84.4 Å². The Kier molecular flexibility index (Phi) is 6.41. The number of hydrogen-bond acceptors (Lipinski definition) is 7. The Bertz CT molecular complexity index is 1350. The van der Waals surface area contributed by atoms with E-state index in [1.807, 2.05) is 0 Å². The van der Waals surface area contributed by atoms with Crippen LogP contribution in [0.4, 0.5) is 11.4 Å². The highest BCUT2D eigenvalue weighted by atomic mass is 16.6. The number of esters is 1. The predicted molar refractivity (Wildman–Crippen MR) is 127 cm³/mol. The van der Waals surface area contributed by atoms with Gasteiger partial charge in [-0.15, -0.1) is 0 Å². The summed E-state index contributed by atoms with van der Waals surface area (Å²) in [4.78, 5) is 50.3. The van der Waals surface area contributed by atoms with E-state index in [1.54, 1.807) is 43.3 Å². The topological polar surface area (TPSA) is 127 Å². The molecule has 0 aromatic heterocycles. The van der Waals surface area contributed by atoms with Crippen LogP contribution in [0, 0.1) is 10.1 Å². The molecule has 35 heavy (non-hydrogen) atoms. The van der Waals surface area contributed by atoms with E-state index < -0.39 is 34.4 Å². The van der Waals surface area contributed by atoms with Crippen LogP contribution in [-0.4, -0.2) is 34.3 Å². The Balaban J connectivity index is 1.89. The van der Waals surface area contributed by atoms with Crippen LogP contribution in [0.2, 0.25) is 0 Å². The van der Waals surface area contributed by atoms with Crippen molar-refractivity contribution in [2.45, 2.75) is 13.0 Å². The first kappa shape index (κ1) is 23.4. The lowest BCUT2D eigenvalue weighted by Gasteiger charge is -2.25. The molecular formula is C26H20N2O7. The molecule has 0 aliphatic carbocycles. The number of carbonyl (C=O) groups excluding carboxylic acids is 3. The number of nitrogens with zero attached hydrogens (tertiary/aromatic N) is 2. The molecule has 0 bridgehead atoms. The summed E-state index contributed by atoms with van der Waals surface area (Å²) in [5.74, 6) is -2.79. The van der Waals surface area contributed by atoms with Crippen molar-refractivity contribution in [2.75, 3.05) is 11.5 Å². The molecular weight excluding hydrogens is 452 g/mol. The lowest BCUT2D eigenvalue weighted by molar-refractivity contribution is -0.384. The number of aliphatic hydroxyl groups excluding tert-OH is 1. The lowest BCUT2D eigenvalue weighted by Crippen LogP contribution is -2.29. The first-order valence-corrected chi connectivity index (χ1v) is 10.7. The van der Waals surface area contributed by atoms with Crippen LogP contribution in [0.1, 0.15) is 34.5 Å². The molecule has 0 radical (unpaired) electrons. The third kappa shape index (κ3) is 4.39. The van der Waals surface area contributed by atoms with E-state index in [4.69, 9.17) is 4.74 Å². The predicted octanol–water partition coefficient (Wildman–Crippen LogP) is 4.40. The number of anilines is 1. The first-order chi connectivity index (χ1) is 16.8. The van der Waals surface area contributed by atoms with Gasteiger partial charge < -0.3 is 9.84 Å². The van der Waals surface area contributed by atoms with Gasteiger partial charge >= 0.3 is 5.97 Å². The molecule has 0 spiro atoms. The van der Waals surface area contributed by atoms with Crippen molar-refractivity contribution in [3.8, 4) is 0 Å². The Labute approximate surface area is 200 Å². The molecule has 1 atom stereocenters. The molecule has 1 saturated heterocycles. The molecule has 9 heteroatoms. The second kappa shape index (κ2) is 9.60. The molecule has 1 aliphatic heterocycles. The molecule has 1 aliphatic rings. The highest BCUT2D eigenvalue weighted by Crippen LogP contribution is 2.42. The number of carbonyl (C=O) groups is 3. The van der Waals surface area contributed by atoms with Crippen LogP contribution in [0.5, 0.6) is 0 Å². The highest BCUT2D eigenvalue weighted by molar-refractivity contribution is 6.51. The van der Waals surface area contributed by atoms with Crippen molar-refractivity contribution < 1.29 is 29.2 Å². The zero-order valence-corrected chi connectivity index (χ0v) is 18.6. The fourth-order valence-electron chi connectivity index (χ4n) is 3.95. The number of ether oxygens (including phenoxy) is 1. The summed E-state index contributed by atoms with van der Waals surface area (Å²) in [7, 11) is 0. The van der Waals surface area contributed by atoms with E-state index >= 15 is 0 Å². The van der Waals surface area contributed by atoms with Gasteiger partial charge in [0.05, 0.1) is 28.7 Å². The quantitative estimate of drug-likeness (QED) is 0.141. The average Bonchev–Trinajstić information content (AvgIpc) is 3.14. The van der Waals surface area contributed by atoms with E-state index in [1.165, 1.54) is 42.5 Å². The minimum Gasteiger partial charge on any atom is -0.507 e. The largest absolute Gasteiger partial charge is 0.507 e. The van der Waals surface area contributed by atoms with Crippen molar-refractivity contribution in [1.82, 2.24) is 0 Å². The van der Waals surface area contributed by atoms with E-state index in [0.29, 0.717) is 5.56 Å². The van der Waals surface area contributed by atoms with Crippen molar-refractivity contribution in [3.63, 3.8) is 0 Å². The second-order valence-electron chi connectivity index (χ2n) is 7.65. The monoisotopic (exact) mass is 472 g/mol. The van der Waals surface area contributed by atoms with Crippen molar-refractivity contribution in [2.24, 2.45) is 0 Å². The lowest BCUT2D eigenvalue weighted by atomic mass is 9.94. The van der Waals surface area contributed by atoms with Gasteiger partial charge in [0.2, 0.25) is 0 Å². The van der Waals surface area contributed by atoms with Gasteiger partial charge in [-0.25, -0.2) is 4.79 Å². The van der Waals surface area contributed by atoms with Gasteiger partial charge in [-0.3, -0.25) is 24.6 Å². The highest BCUT2D eigenvalue weighted by Gasteiger charge is 2.47. The molecule has 1 fully saturated rings. The zero-order chi connectivity index (χ0) is 25.1. The molecule has 176 valence electrons. The van der Waals surface area contributed by atoms with E-state index in [0.717, 1.165) is 4.90 Å². The fourth-order valence-corrected chi connectivity index (χ4v) is 3.95. The maximum absolute atomic E-state index is 13.2. The summed E-state index contributed by atoms with van der Waals surface area (Å²) in [5.41, 5.74) is 0.678. The van der Waals surface area contributed by atoms with Gasteiger partial charge in [0, 0.05) is 23.4 Å². The van der Waals surface area contributed by atoms with Gasteiger partial charge in [-0.2, -0.15) is 0 Å². The summed E-state index contributed by atoms with van der Waals surface area (Å²) < 4.78 is 4.98. The van der Waals surface area contributed by atoms with Crippen molar-refractivity contribution in [1.29, 1.82) is 0 Å². The Hall–Kier alpha value is -4.79. The number of rotatable bonds is 6. The summed E-state index contributed by atoms with van der Waals surface area (Å²) in [5, 5.41) is 22.4. The van der Waals surface area contributed by atoms with Crippen LogP contribution in [-0.2, 0) is 14.3 Å². The number of aliphatic hydroxyl groups is 1. The van der Waals surface area contributed by atoms with Gasteiger partial charge in [-0.05, 0) is 36.8 Å². The maximum Gasteiger partial charge on any atom is 0.338 e. The van der Waals surface area contributed by atoms with Gasteiger partial charge in [0.25, 0.3) is 17.4 Å². The van der Waals surface area contributed by atoms with Crippen molar-refractivity contribution >= 4 is 34.8 Å². The summed E-state index contributed by atoms with van der Waals surface area (Å²) in [6, 6.07) is 18.5. The number of hydrogen-bond donors (Lipinski definition) is 1. The van der Waals surface area contributed by atoms with Crippen LogP contribution >= 0.6 is 0 Å². The second-order valence-corrected chi connectivity index (χ2v) is 7.65. The number of nitro groups is 1. The van der Waals surface area contributed by atoms with Gasteiger partial charge in [-0.1, -0.05) is 42.5 Å². The Morgan fingerprint density at radius 1 is 1.00 bits per heavy atom. The Morgan fingerprint density at radius 2 is 1.69 bits per heavy atom. The number of ketones is 1. The number of amides is 1. The van der Waals surface area contributed by atoms with E-state index in [-0.39, 0.29) is 34.7 Å². The molecule has 0 saturated carbocycles. The number of Topliss-reactive ketones (excluding diaryl/α,β-unsaturated/α-hetero) is 1.